The van der Waals surface area contributed by atoms with Crippen LogP contribution < -0.4 is 14.8 Å². The van der Waals surface area contributed by atoms with Crippen LogP contribution >= 0.6 is 0 Å². The van der Waals surface area contributed by atoms with Gasteiger partial charge in [-0.3, -0.25) is 0 Å². The number of ether oxygens (including phenoxy) is 2. The van der Waals surface area contributed by atoms with E-state index in [4.69, 9.17) is 9.47 Å². The van der Waals surface area contributed by atoms with Gasteiger partial charge in [0.05, 0.1) is 11.6 Å². The van der Waals surface area contributed by atoms with Crippen LogP contribution in [0.15, 0.2) is 67.4 Å². The lowest BCUT2D eigenvalue weighted by atomic mass is 10.2. The topological polar surface area (TPSA) is 107 Å². The fourth-order valence-electron chi connectivity index (χ4n) is 3.41. The molecule has 3 aromatic heterocycles. The van der Waals surface area contributed by atoms with Crippen LogP contribution in [0.4, 0.5) is 11.5 Å². The van der Waals surface area contributed by atoms with Crippen LogP contribution in [-0.2, 0) is 0 Å². The summed E-state index contributed by atoms with van der Waals surface area (Å²) in [6.45, 7) is 3.88. The van der Waals surface area contributed by atoms with Crippen molar-refractivity contribution in [3.63, 3.8) is 0 Å². The standard InChI is InChI=1S/C24H22N6O3/c1-15-9-17(3-6-22(15)33-19-7-8-30-23(11-19)26-14-28-30)29-24-20-10-18(32-12-16(2)31)4-5-21(20)25-13-27-24/h3-11,13-14,16,31H,12H2,1-2H3,(H,25,27,29)/t16-/m0/s1. The number of anilines is 2. The number of rotatable bonds is 7. The zero-order valence-corrected chi connectivity index (χ0v) is 18.1. The zero-order chi connectivity index (χ0) is 22.8. The SMILES string of the molecule is Cc1cc(Nc2ncnc3ccc(OC[C@H](C)O)cc23)ccc1Oc1ccn2ncnc2c1. The molecule has 0 aliphatic heterocycles. The molecule has 3 heterocycles. The van der Waals surface area contributed by atoms with E-state index in [1.54, 1.807) is 11.4 Å². The summed E-state index contributed by atoms with van der Waals surface area (Å²) in [4.78, 5) is 12.9. The number of hydrogen-bond acceptors (Lipinski definition) is 8. The lowest BCUT2D eigenvalue weighted by Gasteiger charge is -2.13. The summed E-state index contributed by atoms with van der Waals surface area (Å²) in [6, 6.07) is 15.1. The Morgan fingerprint density at radius 3 is 2.76 bits per heavy atom. The van der Waals surface area contributed by atoms with Gasteiger partial charge in [-0.15, -0.1) is 0 Å². The number of nitrogens with one attached hydrogen (secondary N) is 1. The third-order valence-electron chi connectivity index (χ3n) is 5.02. The summed E-state index contributed by atoms with van der Waals surface area (Å²) in [7, 11) is 0. The maximum atomic E-state index is 9.48. The molecule has 5 rings (SSSR count). The van der Waals surface area contributed by atoms with Crippen molar-refractivity contribution in [2.75, 3.05) is 11.9 Å². The lowest BCUT2D eigenvalue weighted by Crippen LogP contribution is -2.12. The number of aliphatic hydroxyl groups is 1. The molecule has 0 bridgehead atoms. The average molecular weight is 442 g/mol. The van der Waals surface area contributed by atoms with Crippen LogP contribution in [0.5, 0.6) is 17.2 Å². The number of hydrogen-bond donors (Lipinski definition) is 2. The monoisotopic (exact) mass is 442 g/mol. The van der Waals surface area contributed by atoms with Gasteiger partial charge >= 0.3 is 0 Å². The second-order valence-corrected chi connectivity index (χ2v) is 7.69. The first-order valence-electron chi connectivity index (χ1n) is 10.5. The molecule has 166 valence electrons. The van der Waals surface area contributed by atoms with Crippen molar-refractivity contribution in [2.45, 2.75) is 20.0 Å². The van der Waals surface area contributed by atoms with Crippen LogP contribution in [0.2, 0.25) is 0 Å². The number of aliphatic hydroxyl groups excluding tert-OH is 1. The Kier molecular flexibility index (Phi) is 5.45. The molecule has 0 aliphatic rings. The molecule has 0 aliphatic carbocycles. The van der Waals surface area contributed by atoms with E-state index in [0.717, 1.165) is 33.6 Å². The van der Waals surface area contributed by atoms with Gasteiger partial charge in [0.2, 0.25) is 0 Å². The smallest absolute Gasteiger partial charge is 0.158 e. The molecular weight excluding hydrogens is 420 g/mol. The van der Waals surface area contributed by atoms with Gasteiger partial charge < -0.3 is 19.9 Å². The number of nitrogens with zero attached hydrogens (tertiary/aromatic N) is 5. The molecule has 1 atom stereocenters. The highest BCUT2D eigenvalue weighted by Crippen LogP contribution is 2.31. The second-order valence-electron chi connectivity index (χ2n) is 7.69. The van der Waals surface area contributed by atoms with E-state index in [0.29, 0.717) is 17.3 Å². The fourth-order valence-corrected chi connectivity index (χ4v) is 3.41. The zero-order valence-electron chi connectivity index (χ0n) is 18.1. The molecule has 0 unspecified atom stereocenters. The Morgan fingerprint density at radius 2 is 1.91 bits per heavy atom. The predicted molar refractivity (Wildman–Crippen MR) is 124 cm³/mol. The summed E-state index contributed by atoms with van der Waals surface area (Å²) < 4.78 is 13.4. The quantitative estimate of drug-likeness (QED) is 0.385. The number of aryl methyl sites for hydroxylation is 1. The normalized spacial score (nSPS) is 12.1. The molecule has 0 saturated carbocycles. The Labute approximate surface area is 189 Å². The van der Waals surface area contributed by atoms with Crippen molar-refractivity contribution in [3.8, 4) is 17.2 Å². The molecule has 5 aromatic rings. The highest BCUT2D eigenvalue weighted by atomic mass is 16.5. The predicted octanol–water partition coefficient (Wildman–Crippen LogP) is 4.28. The maximum absolute atomic E-state index is 9.48. The molecule has 2 aromatic carbocycles. The Bertz CT molecular complexity index is 1430. The first-order chi connectivity index (χ1) is 16.0. The van der Waals surface area contributed by atoms with Crippen LogP contribution in [0.3, 0.4) is 0 Å². The van der Waals surface area contributed by atoms with Gasteiger partial charge in [0.25, 0.3) is 0 Å². The molecular formula is C24H22N6O3. The number of benzene rings is 2. The van der Waals surface area contributed by atoms with E-state index in [2.05, 4.69) is 25.4 Å². The van der Waals surface area contributed by atoms with E-state index < -0.39 is 6.10 Å². The summed E-state index contributed by atoms with van der Waals surface area (Å²) in [5, 5.41) is 17.7. The van der Waals surface area contributed by atoms with Crippen molar-refractivity contribution in [3.05, 3.63) is 72.9 Å². The minimum atomic E-state index is -0.549. The third-order valence-corrected chi connectivity index (χ3v) is 5.02. The molecule has 2 N–H and O–H groups in total. The van der Waals surface area contributed by atoms with Gasteiger partial charge in [-0.2, -0.15) is 5.10 Å². The van der Waals surface area contributed by atoms with E-state index in [1.165, 1.54) is 12.7 Å². The average Bonchev–Trinajstić information content (AvgIpc) is 3.28. The van der Waals surface area contributed by atoms with E-state index in [9.17, 15) is 5.11 Å². The summed E-state index contributed by atoms with van der Waals surface area (Å²) >= 11 is 0. The molecule has 9 nitrogen and oxygen atoms in total. The maximum Gasteiger partial charge on any atom is 0.158 e. The highest BCUT2D eigenvalue weighted by molar-refractivity contribution is 5.91. The third kappa shape index (κ3) is 4.53. The molecule has 9 heteroatoms. The molecule has 33 heavy (non-hydrogen) atoms. The fraction of sp³-hybridized carbons (Fsp3) is 0.167. The van der Waals surface area contributed by atoms with Crippen molar-refractivity contribution >= 4 is 28.1 Å². The first kappa shape index (κ1) is 20.7. The largest absolute Gasteiger partial charge is 0.491 e. The molecule has 0 spiro atoms. The summed E-state index contributed by atoms with van der Waals surface area (Å²) in [5.74, 6) is 2.73. The second kappa shape index (κ2) is 8.71. The lowest BCUT2D eigenvalue weighted by molar-refractivity contribution is 0.123. The minimum absolute atomic E-state index is 0.215. The van der Waals surface area contributed by atoms with Crippen LogP contribution in [0.25, 0.3) is 16.6 Å². The van der Waals surface area contributed by atoms with Crippen molar-refractivity contribution in [2.24, 2.45) is 0 Å². The number of fused-ring (bicyclic) bond motifs is 2. The van der Waals surface area contributed by atoms with Crippen LogP contribution in [0.1, 0.15) is 12.5 Å². The van der Waals surface area contributed by atoms with Crippen molar-refractivity contribution in [1.82, 2.24) is 24.6 Å². The Morgan fingerprint density at radius 1 is 1.00 bits per heavy atom. The van der Waals surface area contributed by atoms with Gasteiger partial charge in [-0.05, 0) is 61.9 Å². The summed E-state index contributed by atoms with van der Waals surface area (Å²) in [6.07, 6.45) is 4.28. The Balaban J connectivity index is 1.37. The van der Waals surface area contributed by atoms with E-state index >= 15 is 0 Å². The van der Waals surface area contributed by atoms with Gasteiger partial charge in [0.1, 0.15) is 42.3 Å². The van der Waals surface area contributed by atoms with E-state index in [1.807, 2.05) is 61.7 Å². The molecule has 0 fully saturated rings. The minimum Gasteiger partial charge on any atom is -0.491 e. The van der Waals surface area contributed by atoms with Crippen LogP contribution in [-0.4, -0.2) is 42.4 Å². The van der Waals surface area contributed by atoms with Gasteiger partial charge in [0, 0.05) is 23.3 Å². The van der Waals surface area contributed by atoms with Crippen LogP contribution in [0, 0.1) is 6.92 Å². The van der Waals surface area contributed by atoms with Crippen molar-refractivity contribution < 1.29 is 14.6 Å². The highest BCUT2D eigenvalue weighted by Gasteiger charge is 2.09. The summed E-state index contributed by atoms with van der Waals surface area (Å²) in [5.41, 5.74) is 3.33. The molecule has 0 radical (unpaired) electrons. The van der Waals surface area contributed by atoms with Gasteiger partial charge in [0.15, 0.2) is 5.65 Å². The molecule has 0 amide bonds. The Hall–Kier alpha value is -4.24. The molecule has 0 saturated heterocycles. The van der Waals surface area contributed by atoms with Crippen molar-refractivity contribution in [1.29, 1.82) is 0 Å². The number of aromatic nitrogens is 5. The van der Waals surface area contributed by atoms with Gasteiger partial charge in [-0.1, -0.05) is 0 Å². The van der Waals surface area contributed by atoms with E-state index in [-0.39, 0.29) is 6.61 Å². The number of pyridine rings is 1. The van der Waals surface area contributed by atoms with Gasteiger partial charge in [-0.25, -0.2) is 19.5 Å². The first-order valence-corrected chi connectivity index (χ1v) is 10.5.